The van der Waals surface area contributed by atoms with Crippen LogP contribution in [0.5, 0.6) is 0 Å². The summed E-state index contributed by atoms with van der Waals surface area (Å²) in [6.45, 7) is 6.43. The van der Waals surface area contributed by atoms with E-state index < -0.39 is 17.9 Å². The molecule has 5 nitrogen and oxygen atoms in total. The zero-order valence-electron chi connectivity index (χ0n) is 16.4. The van der Waals surface area contributed by atoms with Crippen LogP contribution in [-0.4, -0.2) is 22.8 Å². The fourth-order valence-electron chi connectivity index (χ4n) is 3.02. The monoisotopic (exact) mass is 375 g/mol. The molecule has 0 unspecified atom stereocenters. The van der Waals surface area contributed by atoms with Crippen molar-refractivity contribution in [3.63, 3.8) is 0 Å². The largest absolute Gasteiger partial charge is 0.368 e. The minimum Gasteiger partial charge on any atom is -0.368 e. The Morgan fingerprint density at radius 3 is 2.32 bits per heavy atom. The van der Waals surface area contributed by atoms with E-state index in [0.29, 0.717) is 6.42 Å². The molecule has 0 saturated heterocycles. The molecule has 0 spiro atoms. The van der Waals surface area contributed by atoms with Crippen molar-refractivity contribution >= 4 is 22.7 Å². The fourth-order valence-corrected chi connectivity index (χ4v) is 3.02. The van der Waals surface area contributed by atoms with Gasteiger partial charge in [-0.25, -0.2) is 4.98 Å². The van der Waals surface area contributed by atoms with E-state index in [0.717, 1.165) is 16.5 Å². The first kappa shape index (κ1) is 19.5. The highest BCUT2D eigenvalue weighted by Crippen LogP contribution is 2.22. The highest BCUT2D eigenvalue weighted by atomic mass is 16.2. The number of carbonyl (C=O) groups excluding carboxylic acids is 2. The minimum absolute atomic E-state index is 0.0532. The van der Waals surface area contributed by atoms with Gasteiger partial charge in [-0.2, -0.15) is 0 Å². The first-order valence-corrected chi connectivity index (χ1v) is 9.29. The number of nitrogens with two attached hydrogens (primary N) is 1. The molecule has 0 aliphatic heterocycles. The number of nitrogens with zero attached hydrogens (tertiary/aromatic N) is 1. The SMILES string of the molecule is CC(C)(C)c1ccc(C[C@@H](NC(=O)c2ccc3ccccc3n2)C(N)=O)cc1. The van der Waals surface area contributed by atoms with Crippen LogP contribution in [-0.2, 0) is 16.6 Å². The Morgan fingerprint density at radius 2 is 1.68 bits per heavy atom. The van der Waals surface area contributed by atoms with Gasteiger partial charge in [-0.3, -0.25) is 9.59 Å². The zero-order chi connectivity index (χ0) is 20.3. The van der Waals surface area contributed by atoms with E-state index in [1.165, 1.54) is 5.56 Å². The molecule has 1 atom stereocenters. The van der Waals surface area contributed by atoms with Crippen molar-refractivity contribution in [1.29, 1.82) is 0 Å². The molecule has 1 heterocycles. The summed E-state index contributed by atoms with van der Waals surface area (Å²) in [5, 5.41) is 3.66. The molecule has 2 amide bonds. The van der Waals surface area contributed by atoms with Gasteiger partial charge in [-0.15, -0.1) is 0 Å². The summed E-state index contributed by atoms with van der Waals surface area (Å²) in [7, 11) is 0. The second kappa shape index (κ2) is 7.80. The summed E-state index contributed by atoms with van der Waals surface area (Å²) in [5.74, 6) is -0.991. The summed E-state index contributed by atoms with van der Waals surface area (Å²) < 4.78 is 0. The van der Waals surface area contributed by atoms with Crippen LogP contribution in [0.1, 0.15) is 42.4 Å². The Labute approximate surface area is 165 Å². The number of para-hydroxylation sites is 1. The standard InChI is InChI=1S/C23H25N3O2/c1-23(2,3)17-11-8-15(9-12-17)14-20(21(24)27)26-22(28)19-13-10-16-6-4-5-7-18(16)25-19/h4-13,20H,14H2,1-3H3,(H2,24,27)(H,26,28)/t20-/m1/s1. The van der Waals surface area contributed by atoms with Crippen LogP contribution < -0.4 is 11.1 Å². The molecule has 144 valence electrons. The number of hydrogen-bond acceptors (Lipinski definition) is 3. The predicted molar refractivity (Wildman–Crippen MR) is 111 cm³/mol. The third-order valence-electron chi connectivity index (χ3n) is 4.74. The van der Waals surface area contributed by atoms with Crippen LogP contribution in [0.25, 0.3) is 10.9 Å². The van der Waals surface area contributed by atoms with Crippen LogP contribution in [0.4, 0.5) is 0 Å². The van der Waals surface area contributed by atoms with Crippen molar-refractivity contribution in [1.82, 2.24) is 10.3 Å². The maximum atomic E-state index is 12.6. The zero-order valence-corrected chi connectivity index (χ0v) is 16.4. The molecule has 3 aromatic rings. The van der Waals surface area contributed by atoms with Crippen LogP contribution >= 0.6 is 0 Å². The minimum atomic E-state index is -0.804. The van der Waals surface area contributed by atoms with E-state index in [1.807, 2.05) is 54.6 Å². The van der Waals surface area contributed by atoms with Gasteiger partial charge in [0.15, 0.2) is 0 Å². The van der Waals surface area contributed by atoms with Gasteiger partial charge in [-0.05, 0) is 28.7 Å². The molecule has 0 fully saturated rings. The Hall–Kier alpha value is -3.21. The first-order valence-electron chi connectivity index (χ1n) is 9.29. The number of nitrogens with one attached hydrogen (secondary N) is 1. The summed E-state index contributed by atoms with van der Waals surface area (Å²) in [4.78, 5) is 28.9. The Bertz CT molecular complexity index is 1000. The maximum Gasteiger partial charge on any atom is 0.270 e. The molecular weight excluding hydrogens is 350 g/mol. The number of fused-ring (bicyclic) bond motifs is 1. The maximum absolute atomic E-state index is 12.6. The normalized spacial score (nSPS) is 12.5. The molecule has 0 aliphatic carbocycles. The molecule has 0 radical (unpaired) electrons. The number of rotatable bonds is 5. The van der Waals surface area contributed by atoms with Gasteiger partial charge in [0.2, 0.25) is 5.91 Å². The van der Waals surface area contributed by atoms with Gasteiger partial charge in [0.1, 0.15) is 11.7 Å². The van der Waals surface area contributed by atoms with Crippen LogP contribution in [0.15, 0.2) is 60.7 Å². The molecule has 3 N–H and O–H groups in total. The summed E-state index contributed by atoms with van der Waals surface area (Å²) in [6, 6.07) is 18.2. The molecule has 28 heavy (non-hydrogen) atoms. The third kappa shape index (κ3) is 4.55. The lowest BCUT2D eigenvalue weighted by Gasteiger charge is -2.20. The lowest BCUT2D eigenvalue weighted by atomic mass is 9.86. The summed E-state index contributed by atoms with van der Waals surface area (Å²) >= 11 is 0. The topological polar surface area (TPSA) is 85.1 Å². The lowest BCUT2D eigenvalue weighted by Crippen LogP contribution is -2.46. The van der Waals surface area contributed by atoms with Crippen molar-refractivity contribution in [3.05, 3.63) is 77.5 Å². The van der Waals surface area contributed by atoms with Crippen LogP contribution in [0, 0.1) is 0 Å². The van der Waals surface area contributed by atoms with Gasteiger partial charge in [-0.1, -0.05) is 69.3 Å². The summed E-state index contributed by atoms with van der Waals surface area (Å²) in [5.41, 5.74) is 8.70. The molecule has 3 rings (SSSR count). The number of carbonyl (C=O) groups is 2. The average Bonchev–Trinajstić information content (AvgIpc) is 2.66. The van der Waals surface area contributed by atoms with E-state index in [1.54, 1.807) is 6.07 Å². The van der Waals surface area contributed by atoms with E-state index in [4.69, 9.17) is 5.73 Å². The van der Waals surface area contributed by atoms with Gasteiger partial charge in [0, 0.05) is 11.8 Å². The quantitative estimate of drug-likeness (QED) is 0.717. The van der Waals surface area contributed by atoms with Crippen LogP contribution in [0.3, 0.4) is 0 Å². The fraction of sp³-hybridized carbons (Fsp3) is 0.261. The average molecular weight is 375 g/mol. The predicted octanol–water partition coefficient (Wildman–Crippen LogP) is 3.36. The molecule has 0 saturated carbocycles. The van der Waals surface area contributed by atoms with Crippen LogP contribution in [0.2, 0.25) is 0 Å². The summed E-state index contributed by atoms with van der Waals surface area (Å²) in [6.07, 6.45) is 0.332. The van der Waals surface area contributed by atoms with Crippen molar-refractivity contribution in [2.24, 2.45) is 5.73 Å². The second-order valence-corrected chi connectivity index (χ2v) is 7.97. The highest BCUT2D eigenvalue weighted by molar-refractivity contribution is 5.97. The van der Waals surface area contributed by atoms with Gasteiger partial charge >= 0.3 is 0 Å². The van der Waals surface area contributed by atoms with E-state index >= 15 is 0 Å². The van der Waals surface area contributed by atoms with Crippen molar-refractivity contribution in [2.75, 3.05) is 0 Å². The van der Waals surface area contributed by atoms with E-state index in [9.17, 15) is 9.59 Å². The Kier molecular flexibility index (Phi) is 5.45. The molecule has 0 aliphatic rings. The van der Waals surface area contributed by atoms with Crippen molar-refractivity contribution in [2.45, 2.75) is 38.6 Å². The lowest BCUT2D eigenvalue weighted by molar-refractivity contribution is -0.119. The molecule has 0 bridgehead atoms. The third-order valence-corrected chi connectivity index (χ3v) is 4.74. The van der Waals surface area contributed by atoms with Crippen molar-refractivity contribution in [3.8, 4) is 0 Å². The number of primary amides is 1. The Morgan fingerprint density at radius 1 is 1.00 bits per heavy atom. The number of aromatic nitrogens is 1. The van der Waals surface area contributed by atoms with E-state index in [2.05, 4.69) is 31.1 Å². The Balaban J connectivity index is 1.75. The number of hydrogen-bond donors (Lipinski definition) is 2. The van der Waals surface area contributed by atoms with Crippen molar-refractivity contribution < 1.29 is 9.59 Å². The molecule has 2 aromatic carbocycles. The molecule has 5 heteroatoms. The van der Waals surface area contributed by atoms with E-state index in [-0.39, 0.29) is 11.1 Å². The smallest absolute Gasteiger partial charge is 0.270 e. The highest BCUT2D eigenvalue weighted by Gasteiger charge is 2.21. The number of pyridine rings is 1. The number of benzene rings is 2. The second-order valence-electron chi connectivity index (χ2n) is 7.97. The van der Waals surface area contributed by atoms with Gasteiger partial charge in [0.25, 0.3) is 5.91 Å². The first-order chi connectivity index (χ1) is 13.2. The molecular formula is C23H25N3O2. The van der Waals surface area contributed by atoms with Gasteiger partial charge in [0.05, 0.1) is 5.52 Å². The van der Waals surface area contributed by atoms with Gasteiger partial charge < -0.3 is 11.1 Å². The number of amides is 2. The molecule has 1 aromatic heterocycles.